The van der Waals surface area contributed by atoms with Crippen molar-refractivity contribution in [1.29, 1.82) is 0 Å². The van der Waals surface area contributed by atoms with Gasteiger partial charge in [0.2, 0.25) is 0 Å². The van der Waals surface area contributed by atoms with Gasteiger partial charge < -0.3 is 9.64 Å². The molecule has 5 heteroatoms. The van der Waals surface area contributed by atoms with Crippen LogP contribution in [0.4, 0.5) is 4.39 Å². The minimum absolute atomic E-state index is 0.0706. The summed E-state index contributed by atoms with van der Waals surface area (Å²) in [5.74, 6) is -0.743. The van der Waals surface area contributed by atoms with Crippen LogP contribution in [-0.4, -0.2) is 36.6 Å². The fraction of sp³-hybridized carbons (Fsp3) is 0.500. The number of likely N-dealkylation sites (tertiary alicyclic amines) is 1. The van der Waals surface area contributed by atoms with Crippen LogP contribution in [0.2, 0.25) is 0 Å². The fourth-order valence-corrected chi connectivity index (χ4v) is 2.66. The highest BCUT2D eigenvalue weighted by Gasteiger charge is 2.26. The first kappa shape index (κ1) is 14.5. The molecule has 1 heterocycles. The van der Waals surface area contributed by atoms with Gasteiger partial charge in [0, 0.05) is 24.2 Å². The van der Waals surface area contributed by atoms with Gasteiger partial charge in [-0.05, 0) is 38.0 Å². The lowest BCUT2D eigenvalue weighted by Crippen LogP contribution is -2.43. The molecule has 1 aliphatic heterocycles. The maximum atomic E-state index is 13.8. The average molecular weight is 330 g/mol. The lowest BCUT2D eigenvalue weighted by atomic mass is 10.1. The summed E-state index contributed by atoms with van der Waals surface area (Å²) in [7, 11) is 0. The van der Waals surface area contributed by atoms with Crippen molar-refractivity contribution >= 4 is 21.8 Å². The molecule has 0 N–H and O–H groups in total. The number of nitrogens with zero attached hydrogens (tertiary/aromatic N) is 1. The summed E-state index contributed by atoms with van der Waals surface area (Å²) in [5, 5.41) is 0. The molecule has 1 amide bonds. The molecule has 0 saturated carbocycles. The minimum Gasteiger partial charge on any atom is -0.377 e. The summed E-state index contributed by atoms with van der Waals surface area (Å²) in [5.41, 5.74) is 0.125. The van der Waals surface area contributed by atoms with E-state index in [-0.39, 0.29) is 17.6 Å². The van der Waals surface area contributed by atoms with Crippen LogP contribution in [0.1, 0.15) is 30.1 Å². The number of ether oxygens (including phenoxy) is 1. The minimum atomic E-state index is -0.488. The summed E-state index contributed by atoms with van der Waals surface area (Å²) in [4.78, 5) is 14.0. The Balaban J connectivity index is 2.10. The number of carbonyl (C=O) groups is 1. The van der Waals surface area contributed by atoms with Crippen LogP contribution < -0.4 is 0 Å². The standard InChI is InChI=1S/C14H17BrFNO2/c1-2-19-11-4-3-7-17(9-11)14(18)12-6-5-10(15)8-13(12)16/h5-6,8,11H,2-4,7,9H2,1H3. The van der Waals surface area contributed by atoms with Gasteiger partial charge in [0.1, 0.15) is 5.82 Å². The van der Waals surface area contributed by atoms with Crippen molar-refractivity contribution in [2.75, 3.05) is 19.7 Å². The second kappa shape index (κ2) is 6.48. The van der Waals surface area contributed by atoms with Gasteiger partial charge in [-0.15, -0.1) is 0 Å². The molecule has 0 aliphatic carbocycles. The van der Waals surface area contributed by atoms with Crippen molar-refractivity contribution in [2.45, 2.75) is 25.9 Å². The zero-order valence-electron chi connectivity index (χ0n) is 10.9. The highest BCUT2D eigenvalue weighted by Crippen LogP contribution is 2.20. The van der Waals surface area contributed by atoms with Gasteiger partial charge in [0.25, 0.3) is 5.91 Å². The lowest BCUT2D eigenvalue weighted by molar-refractivity contribution is 0.00707. The summed E-state index contributed by atoms with van der Waals surface area (Å²) in [6.45, 7) is 3.79. The third-order valence-corrected chi connectivity index (χ3v) is 3.72. The Labute approximate surface area is 120 Å². The van der Waals surface area contributed by atoms with Crippen molar-refractivity contribution in [3.63, 3.8) is 0 Å². The van der Waals surface area contributed by atoms with E-state index in [1.165, 1.54) is 12.1 Å². The van der Waals surface area contributed by atoms with Crippen molar-refractivity contribution < 1.29 is 13.9 Å². The van der Waals surface area contributed by atoms with Gasteiger partial charge in [-0.25, -0.2) is 4.39 Å². The molecular weight excluding hydrogens is 313 g/mol. The monoisotopic (exact) mass is 329 g/mol. The Morgan fingerprint density at radius 1 is 1.58 bits per heavy atom. The van der Waals surface area contributed by atoms with Crippen LogP contribution in [0.15, 0.2) is 22.7 Å². The average Bonchev–Trinajstić information content (AvgIpc) is 2.39. The van der Waals surface area contributed by atoms with E-state index in [1.54, 1.807) is 11.0 Å². The molecule has 0 bridgehead atoms. The molecule has 0 spiro atoms. The Morgan fingerprint density at radius 3 is 3.05 bits per heavy atom. The fourth-order valence-electron chi connectivity index (χ4n) is 2.33. The molecule has 1 atom stereocenters. The number of hydrogen-bond acceptors (Lipinski definition) is 2. The summed E-state index contributed by atoms with van der Waals surface area (Å²) in [6, 6.07) is 4.52. The number of amides is 1. The molecule has 0 radical (unpaired) electrons. The van der Waals surface area contributed by atoms with Crippen molar-refractivity contribution in [3.8, 4) is 0 Å². The Morgan fingerprint density at radius 2 is 2.37 bits per heavy atom. The van der Waals surface area contributed by atoms with Crippen LogP contribution in [0, 0.1) is 5.82 Å². The number of hydrogen-bond donors (Lipinski definition) is 0. The second-order valence-electron chi connectivity index (χ2n) is 4.59. The van der Waals surface area contributed by atoms with Gasteiger partial charge in [0.05, 0.1) is 11.7 Å². The predicted octanol–water partition coefficient (Wildman–Crippen LogP) is 3.23. The maximum Gasteiger partial charge on any atom is 0.256 e. The third-order valence-electron chi connectivity index (χ3n) is 3.23. The number of carbonyl (C=O) groups excluding carboxylic acids is 1. The van der Waals surface area contributed by atoms with E-state index in [0.717, 1.165) is 12.8 Å². The van der Waals surface area contributed by atoms with Gasteiger partial charge >= 0.3 is 0 Å². The maximum absolute atomic E-state index is 13.8. The third kappa shape index (κ3) is 3.54. The van der Waals surface area contributed by atoms with E-state index in [4.69, 9.17) is 4.74 Å². The highest BCUT2D eigenvalue weighted by molar-refractivity contribution is 9.10. The first-order valence-electron chi connectivity index (χ1n) is 6.47. The highest BCUT2D eigenvalue weighted by atomic mass is 79.9. The molecule has 1 saturated heterocycles. The van der Waals surface area contributed by atoms with E-state index in [0.29, 0.717) is 24.2 Å². The van der Waals surface area contributed by atoms with Gasteiger partial charge in [-0.2, -0.15) is 0 Å². The van der Waals surface area contributed by atoms with Crippen LogP contribution in [0.5, 0.6) is 0 Å². The van der Waals surface area contributed by atoms with E-state index < -0.39 is 5.82 Å². The predicted molar refractivity (Wildman–Crippen MR) is 74.7 cm³/mol. The summed E-state index contributed by atoms with van der Waals surface area (Å²) in [6.07, 6.45) is 1.93. The topological polar surface area (TPSA) is 29.5 Å². The number of halogens is 2. The van der Waals surface area contributed by atoms with Crippen LogP contribution in [-0.2, 0) is 4.74 Å². The van der Waals surface area contributed by atoms with E-state index in [9.17, 15) is 9.18 Å². The largest absolute Gasteiger partial charge is 0.377 e. The molecule has 1 aliphatic rings. The zero-order valence-corrected chi connectivity index (χ0v) is 12.5. The second-order valence-corrected chi connectivity index (χ2v) is 5.51. The molecule has 0 aromatic heterocycles. The molecule has 104 valence electrons. The number of benzene rings is 1. The lowest BCUT2D eigenvalue weighted by Gasteiger charge is -2.32. The number of rotatable bonds is 3. The van der Waals surface area contributed by atoms with Gasteiger partial charge in [-0.1, -0.05) is 15.9 Å². The quantitative estimate of drug-likeness (QED) is 0.852. The Bertz CT molecular complexity index is 465. The summed E-state index contributed by atoms with van der Waals surface area (Å²) >= 11 is 3.19. The van der Waals surface area contributed by atoms with Crippen LogP contribution in [0.3, 0.4) is 0 Å². The van der Waals surface area contributed by atoms with Crippen LogP contribution in [0.25, 0.3) is 0 Å². The molecule has 19 heavy (non-hydrogen) atoms. The van der Waals surface area contributed by atoms with Crippen molar-refractivity contribution in [1.82, 2.24) is 4.90 Å². The molecule has 1 aromatic rings. The molecular formula is C14H17BrFNO2. The zero-order chi connectivity index (χ0) is 13.8. The van der Waals surface area contributed by atoms with E-state index in [2.05, 4.69) is 15.9 Å². The molecule has 3 nitrogen and oxygen atoms in total. The molecule has 1 unspecified atom stereocenters. The van der Waals surface area contributed by atoms with E-state index >= 15 is 0 Å². The van der Waals surface area contributed by atoms with Crippen molar-refractivity contribution in [3.05, 3.63) is 34.1 Å². The SMILES string of the molecule is CCOC1CCCN(C(=O)c2ccc(Br)cc2F)C1. The molecule has 1 fully saturated rings. The van der Waals surface area contributed by atoms with Crippen LogP contribution >= 0.6 is 15.9 Å². The Kier molecular flexibility index (Phi) is 4.93. The number of piperidine rings is 1. The first-order valence-corrected chi connectivity index (χ1v) is 7.27. The molecule has 2 rings (SSSR count). The normalized spacial score (nSPS) is 19.5. The molecule has 1 aromatic carbocycles. The van der Waals surface area contributed by atoms with Crippen molar-refractivity contribution in [2.24, 2.45) is 0 Å². The first-order chi connectivity index (χ1) is 9.11. The van der Waals surface area contributed by atoms with Gasteiger partial charge in [-0.3, -0.25) is 4.79 Å². The Hall–Kier alpha value is -0.940. The van der Waals surface area contributed by atoms with Gasteiger partial charge in [0.15, 0.2) is 0 Å². The summed E-state index contributed by atoms with van der Waals surface area (Å²) < 4.78 is 20.0. The van der Waals surface area contributed by atoms with E-state index in [1.807, 2.05) is 6.92 Å². The smallest absolute Gasteiger partial charge is 0.256 e.